The fourth-order valence-electron chi connectivity index (χ4n) is 3.06. The van der Waals surface area contributed by atoms with Gasteiger partial charge in [-0.15, -0.1) is 0 Å². The predicted octanol–water partition coefficient (Wildman–Crippen LogP) is 2.49. The molecule has 0 saturated carbocycles. The van der Waals surface area contributed by atoms with E-state index in [1.165, 1.54) is 0 Å². The van der Waals surface area contributed by atoms with E-state index in [0.717, 1.165) is 16.9 Å². The minimum absolute atomic E-state index is 0.172. The monoisotopic (exact) mass is 264 g/mol. The van der Waals surface area contributed by atoms with Crippen LogP contribution in [0, 0.1) is 0 Å². The van der Waals surface area contributed by atoms with Crippen molar-refractivity contribution in [2.75, 3.05) is 0 Å². The molecule has 3 heterocycles. The van der Waals surface area contributed by atoms with Crippen molar-refractivity contribution in [3.8, 4) is 11.4 Å². The summed E-state index contributed by atoms with van der Waals surface area (Å²) in [7, 11) is 0. The largest absolute Gasteiger partial charge is 0.339 e. The highest BCUT2D eigenvalue weighted by Gasteiger charge is 2.32. The Kier molecular flexibility index (Phi) is 2.07. The van der Waals surface area contributed by atoms with Crippen molar-refractivity contribution in [2.45, 2.75) is 13.5 Å². The van der Waals surface area contributed by atoms with E-state index in [1.54, 1.807) is 16.8 Å². The third kappa shape index (κ3) is 1.16. The van der Waals surface area contributed by atoms with E-state index in [2.05, 4.69) is 0 Å². The molecule has 0 unspecified atom stereocenters. The summed E-state index contributed by atoms with van der Waals surface area (Å²) in [4.78, 5) is 25.0. The van der Waals surface area contributed by atoms with Crippen LogP contribution in [0.5, 0.6) is 0 Å². The molecule has 0 N–H and O–H groups in total. The molecular formula is C16H12N2O2. The number of rotatable bonds is 1. The Labute approximate surface area is 114 Å². The number of hydrogen-bond acceptors (Lipinski definition) is 2. The molecule has 0 fully saturated rings. The second-order valence-corrected chi connectivity index (χ2v) is 4.88. The minimum atomic E-state index is -0.224. The van der Waals surface area contributed by atoms with Gasteiger partial charge in [0, 0.05) is 18.1 Å². The van der Waals surface area contributed by atoms with Gasteiger partial charge in [0.1, 0.15) is 5.56 Å². The van der Waals surface area contributed by atoms with Gasteiger partial charge in [-0.2, -0.15) is 0 Å². The van der Waals surface area contributed by atoms with Crippen LogP contribution in [0.1, 0.15) is 17.3 Å². The van der Waals surface area contributed by atoms with E-state index in [9.17, 15) is 9.59 Å². The summed E-state index contributed by atoms with van der Waals surface area (Å²) in [6.45, 7) is 2.73. The first-order chi connectivity index (χ1) is 9.74. The molecule has 0 radical (unpaired) electrons. The third-order valence-electron chi connectivity index (χ3n) is 3.91. The van der Waals surface area contributed by atoms with Gasteiger partial charge in [-0.3, -0.25) is 14.2 Å². The van der Waals surface area contributed by atoms with Crippen LogP contribution in [-0.4, -0.2) is 15.0 Å². The van der Waals surface area contributed by atoms with Gasteiger partial charge in [-0.1, -0.05) is 12.1 Å². The van der Waals surface area contributed by atoms with Crippen LogP contribution in [0.4, 0.5) is 0 Å². The summed E-state index contributed by atoms with van der Waals surface area (Å²) in [5.74, 6) is -0.224. The quantitative estimate of drug-likeness (QED) is 0.530. The van der Waals surface area contributed by atoms with Crippen LogP contribution >= 0.6 is 0 Å². The topological polar surface area (TPSA) is 44.0 Å². The molecule has 4 nitrogen and oxygen atoms in total. The SMILES string of the molecule is CCn1c2c(c(=O)c3ccccc31)C(=O)n1cccc1-2. The molecule has 0 saturated heterocycles. The highest BCUT2D eigenvalue weighted by molar-refractivity contribution is 6.10. The molecule has 1 aromatic carbocycles. The van der Waals surface area contributed by atoms with Crippen LogP contribution in [0.25, 0.3) is 22.3 Å². The smallest absolute Gasteiger partial charge is 0.268 e. The number of para-hydroxylation sites is 1. The molecule has 0 amide bonds. The number of aryl methyl sites for hydroxylation is 1. The maximum absolute atomic E-state index is 12.6. The lowest BCUT2D eigenvalue weighted by Crippen LogP contribution is -2.19. The summed E-state index contributed by atoms with van der Waals surface area (Å²) >= 11 is 0. The zero-order valence-electron chi connectivity index (χ0n) is 11.0. The first-order valence-electron chi connectivity index (χ1n) is 6.62. The highest BCUT2D eigenvalue weighted by Crippen LogP contribution is 2.32. The molecule has 98 valence electrons. The first kappa shape index (κ1) is 11.2. The fourth-order valence-corrected chi connectivity index (χ4v) is 3.06. The van der Waals surface area contributed by atoms with Crippen LogP contribution in [0.3, 0.4) is 0 Å². The molecule has 4 heteroatoms. The average Bonchev–Trinajstić information content (AvgIpc) is 3.04. The Hall–Kier alpha value is -2.62. The zero-order chi connectivity index (χ0) is 13.9. The van der Waals surface area contributed by atoms with E-state index >= 15 is 0 Å². The number of nitrogens with zero attached hydrogens (tertiary/aromatic N) is 2. The lowest BCUT2D eigenvalue weighted by atomic mass is 10.1. The number of benzene rings is 1. The van der Waals surface area contributed by atoms with Gasteiger partial charge in [0.15, 0.2) is 0 Å². The van der Waals surface area contributed by atoms with Crippen LogP contribution < -0.4 is 5.43 Å². The molecule has 3 aromatic rings. The number of carbonyl (C=O) groups excluding carboxylic acids is 1. The number of fused-ring (bicyclic) bond motifs is 4. The van der Waals surface area contributed by atoms with E-state index < -0.39 is 0 Å². The van der Waals surface area contributed by atoms with E-state index in [-0.39, 0.29) is 11.3 Å². The Balaban J connectivity index is 2.30. The normalized spacial score (nSPS) is 12.8. The van der Waals surface area contributed by atoms with Gasteiger partial charge in [0.2, 0.25) is 5.43 Å². The molecule has 0 bridgehead atoms. The summed E-state index contributed by atoms with van der Waals surface area (Å²) in [5.41, 5.74) is 2.54. The summed E-state index contributed by atoms with van der Waals surface area (Å²) in [5, 5.41) is 0.604. The van der Waals surface area contributed by atoms with Gasteiger partial charge < -0.3 is 4.57 Å². The molecule has 1 aliphatic heterocycles. The number of pyridine rings is 1. The second kappa shape index (κ2) is 3.70. The van der Waals surface area contributed by atoms with Crippen LogP contribution in [0.2, 0.25) is 0 Å². The van der Waals surface area contributed by atoms with Crippen molar-refractivity contribution < 1.29 is 4.79 Å². The maximum atomic E-state index is 12.6. The summed E-state index contributed by atoms with van der Waals surface area (Å²) in [6, 6.07) is 11.2. The standard InChI is InChI=1S/C16H12N2O2/c1-2-17-11-7-4-3-6-10(11)15(19)13-14(17)12-8-5-9-18(12)16(13)20/h3-9H,2H2,1H3. The van der Waals surface area contributed by atoms with Crippen molar-refractivity contribution >= 4 is 16.8 Å². The zero-order valence-corrected chi connectivity index (χ0v) is 11.0. The van der Waals surface area contributed by atoms with Crippen molar-refractivity contribution in [3.63, 3.8) is 0 Å². The summed E-state index contributed by atoms with van der Waals surface area (Å²) < 4.78 is 3.60. The number of aromatic nitrogens is 2. The third-order valence-corrected chi connectivity index (χ3v) is 3.91. The van der Waals surface area contributed by atoms with E-state index in [4.69, 9.17) is 0 Å². The molecular weight excluding hydrogens is 252 g/mol. The number of hydrogen-bond donors (Lipinski definition) is 0. The van der Waals surface area contributed by atoms with Gasteiger partial charge >= 0.3 is 0 Å². The molecule has 4 rings (SSSR count). The average molecular weight is 264 g/mol. The Bertz CT molecular complexity index is 931. The molecule has 0 spiro atoms. The summed E-state index contributed by atoms with van der Waals surface area (Å²) in [6.07, 6.45) is 1.71. The van der Waals surface area contributed by atoms with Crippen molar-refractivity contribution in [3.05, 3.63) is 58.4 Å². The van der Waals surface area contributed by atoms with E-state index in [1.807, 2.05) is 41.8 Å². The van der Waals surface area contributed by atoms with Crippen LogP contribution in [0.15, 0.2) is 47.4 Å². The predicted molar refractivity (Wildman–Crippen MR) is 77.0 cm³/mol. The highest BCUT2D eigenvalue weighted by atomic mass is 16.2. The first-order valence-corrected chi connectivity index (χ1v) is 6.62. The van der Waals surface area contributed by atoms with Crippen LogP contribution in [-0.2, 0) is 6.54 Å². The maximum Gasteiger partial charge on any atom is 0.268 e. The van der Waals surface area contributed by atoms with Crippen molar-refractivity contribution in [1.29, 1.82) is 0 Å². The van der Waals surface area contributed by atoms with Gasteiger partial charge in [-0.25, -0.2) is 0 Å². The molecule has 0 aliphatic carbocycles. The molecule has 20 heavy (non-hydrogen) atoms. The lowest BCUT2D eigenvalue weighted by Gasteiger charge is -2.13. The molecule has 1 aliphatic rings. The van der Waals surface area contributed by atoms with Gasteiger partial charge in [0.25, 0.3) is 5.91 Å². The second-order valence-electron chi connectivity index (χ2n) is 4.88. The minimum Gasteiger partial charge on any atom is -0.339 e. The van der Waals surface area contributed by atoms with E-state index in [0.29, 0.717) is 17.5 Å². The Morgan fingerprint density at radius 2 is 1.85 bits per heavy atom. The Morgan fingerprint density at radius 3 is 2.65 bits per heavy atom. The molecule has 2 aromatic heterocycles. The van der Waals surface area contributed by atoms with Gasteiger partial charge in [-0.05, 0) is 31.2 Å². The fraction of sp³-hybridized carbons (Fsp3) is 0.125. The molecule has 0 atom stereocenters. The van der Waals surface area contributed by atoms with Crippen molar-refractivity contribution in [1.82, 2.24) is 9.13 Å². The van der Waals surface area contributed by atoms with Crippen molar-refractivity contribution in [2.24, 2.45) is 0 Å². The van der Waals surface area contributed by atoms with Gasteiger partial charge in [0.05, 0.1) is 16.9 Å². The lowest BCUT2D eigenvalue weighted by molar-refractivity contribution is 0.0968. The number of carbonyl (C=O) groups is 1. The Morgan fingerprint density at radius 1 is 1.05 bits per heavy atom.